The number of ether oxygens (including phenoxy) is 1. The number of amides is 2. The lowest BCUT2D eigenvalue weighted by Crippen LogP contribution is -2.20. The highest BCUT2D eigenvalue weighted by atomic mass is 16.5. The average Bonchev–Trinajstić information content (AvgIpc) is 2.78. The second-order valence-corrected chi connectivity index (χ2v) is 7.22. The van der Waals surface area contributed by atoms with Crippen LogP contribution in [0.5, 0.6) is 5.75 Å². The average molecular weight is 425 g/mol. The maximum Gasteiger partial charge on any atom is 0.266 e. The van der Waals surface area contributed by atoms with E-state index in [1.54, 1.807) is 30.3 Å². The smallest absolute Gasteiger partial charge is 0.266 e. The first-order valence-corrected chi connectivity index (χ1v) is 10.0. The minimum absolute atomic E-state index is 0.0408. The van der Waals surface area contributed by atoms with Crippen LogP contribution in [0.15, 0.2) is 78.4 Å². The Balaban J connectivity index is 1.64. The molecular formula is C26H23N3O3. The van der Waals surface area contributed by atoms with E-state index in [2.05, 4.69) is 10.6 Å². The van der Waals surface area contributed by atoms with E-state index >= 15 is 0 Å². The number of hydrogen-bond acceptors (Lipinski definition) is 4. The van der Waals surface area contributed by atoms with Crippen molar-refractivity contribution in [1.29, 1.82) is 5.26 Å². The van der Waals surface area contributed by atoms with Crippen LogP contribution in [0.25, 0.3) is 6.08 Å². The van der Waals surface area contributed by atoms with Gasteiger partial charge < -0.3 is 15.4 Å². The number of benzene rings is 3. The van der Waals surface area contributed by atoms with Gasteiger partial charge in [0, 0.05) is 11.4 Å². The molecule has 0 spiro atoms. The van der Waals surface area contributed by atoms with Gasteiger partial charge in [-0.15, -0.1) is 0 Å². The summed E-state index contributed by atoms with van der Waals surface area (Å²) in [7, 11) is 0. The highest BCUT2D eigenvalue weighted by Gasteiger charge is 2.10. The number of nitriles is 1. The Morgan fingerprint density at radius 2 is 1.75 bits per heavy atom. The lowest BCUT2D eigenvalue weighted by molar-refractivity contribution is -0.118. The van der Waals surface area contributed by atoms with Crippen molar-refractivity contribution < 1.29 is 14.3 Å². The SMILES string of the molecule is Cc1cccc(NC(=O)/C(C#N)=C/c2cccc(OCC(=O)Nc3ccccc3C)c2)c1. The van der Waals surface area contributed by atoms with Crippen LogP contribution >= 0.6 is 0 Å². The number of aryl methyl sites for hydroxylation is 2. The van der Waals surface area contributed by atoms with Gasteiger partial charge in [-0.3, -0.25) is 9.59 Å². The van der Waals surface area contributed by atoms with E-state index in [9.17, 15) is 14.9 Å². The van der Waals surface area contributed by atoms with Crippen molar-refractivity contribution in [3.05, 3.63) is 95.1 Å². The molecule has 0 radical (unpaired) electrons. The molecule has 3 aromatic rings. The Labute approximate surface area is 187 Å². The first-order valence-electron chi connectivity index (χ1n) is 10.0. The number of carbonyl (C=O) groups is 2. The molecule has 0 fully saturated rings. The van der Waals surface area contributed by atoms with Gasteiger partial charge in [0.05, 0.1) is 0 Å². The fourth-order valence-corrected chi connectivity index (χ4v) is 2.98. The molecule has 3 rings (SSSR count). The molecule has 32 heavy (non-hydrogen) atoms. The quantitative estimate of drug-likeness (QED) is 0.417. The van der Waals surface area contributed by atoms with Crippen LogP contribution in [0.1, 0.15) is 16.7 Å². The number of para-hydroxylation sites is 1. The molecule has 160 valence electrons. The zero-order valence-corrected chi connectivity index (χ0v) is 17.9. The van der Waals surface area contributed by atoms with Crippen LogP contribution in [-0.4, -0.2) is 18.4 Å². The van der Waals surface area contributed by atoms with Crippen LogP contribution in [0.2, 0.25) is 0 Å². The van der Waals surface area contributed by atoms with Crippen LogP contribution in [0.3, 0.4) is 0 Å². The van der Waals surface area contributed by atoms with Crippen LogP contribution in [-0.2, 0) is 9.59 Å². The third-order valence-corrected chi connectivity index (χ3v) is 4.60. The summed E-state index contributed by atoms with van der Waals surface area (Å²) >= 11 is 0. The van der Waals surface area contributed by atoms with E-state index < -0.39 is 5.91 Å². The molecule has 0 heterocycles. The molecule has 0 saturated heterocycles. The van der Waals surface area contributed by atoms with Crippen LogP contribution in [0, 0.1) is 25.2 Å². The largest absolute Gasteiger partial charge is 0.484 e. The lowest BCUT2D eigenvalue weighted by atomic mass is 10.1. The number of carbonyl (C=O) groups excluding carboxylic acids is 2. The number of anilines is 2. The number of hydrogen-bond donors (Lipinski definition) is 2. The van der Waals surface area contributed by atoms with E-state index in [0.29, 0.717) is 17.0 Å². The fraction of sp³-hybridized carbons (Fsp3) is 0.115. The van der Waals surface area contributed by atoms with Gasteiger partial charge >= 0.3 is 0 Å². The molecule has 3 aromatic carbocycles. The van der Waals surface area contributed by atoms with Crippen LogP contribution < -0.4 is 15.4 Å². The molecule has 2 amide bonds. The predicted molar refractivity (Wildman–Crippen MR) is 125 cm³/mol. The van der Waals surface area contributed by atoms with E-state index in [1.807, 2.05) is 62.4 Å². The van der Waals surface area contributed by atoms with Gasteiger partial charge in [0.25, 0.3) is 11.8 Å². The zero-order valence-electron chi connectivity index (χ0n) is 17.9. The molecule has 0 saturated carbocycles. The summed E-state index contributed by atoms with van der Waals surface area (Å²) in [4.78, 5) is 24.7. The van der Waals surface area contributed by atoms with Crippen molar-refractivity contribution in [1.82, 2.24) is 0 Å². The van der Waals surface area contributed by atoms with Gasteiger partial charge in [0.15, 0.2) is 6.61 Å². The molecule has 0 aromatic heterocycles. The third kappa shape index (κ3) is 6.31. The summed E-state index contributed by atoms with van der Waals surface area (Å²) in [5.41, 5.74) is 3.88. The third-order valence-electron chi connectivity index (χ3n) is 4.60. The number of nitrogens with zero attached hydrogens (tertiary/aromatic N) is 1. The molecule has 0 aliphatic carbocycles. The molecule has 0 unspecified atom stereocenters. The summed E-state index contributed by atoms with van der Waals surface area (Å²) < 4.78 is 5.58. The minimum atomic E-state index is -0.498. The van der Waals surface area contributed by atoms with E-state index in [0.717, 1.165) is 16.8 Å². The maximum absolute atomic E-state index is 12.5. The highest BCUT2D eigenvalue weighted by molar-refractivity contribution is 6.09. The molecule has 0 bridgehead atoms. The summed E-state index contributed by atoms with van der Waals surface area (Å²) in [6.45, 7) is 3.66. The van der Waals surface area contributed by atoms with Crippen molar-refractivity contribution in [3.8, 4) is 11.8 Å². The molecule has 0 atom stereocenters. The number of rotatable bonds is 7. The summed E-state index contributed by atoms with van der Waals surface area (Å²) in [5.74, 6) is -0.326. The van der Waals surface area contributed by atoms with Gasteiger partial charge in [-0.2, -0.15) is 5.26 Å². The molecular weight excluding hydrogens is 402 g/mol. The Kier molecular flexibility index (Phi) is 7.39. The second-order valence-electron chi connectivity index (χ2n) is 7.22. The first-order chi connectivity index (χ1) is 15.4. The van der Waals surface area contributed by atoms with Crippen molar-refractivity contribution in [3.63, 3.8) is 0 Å². The van der Waals surface area contributed by atoms with Gasteiger partial charge in [0.1, 0.15) is 17.4 Å². The molecule has 6 heteroatoms. The van der Waals surface area contributed by atoms with Crippen molar-refractivity contribution in [2.24, 2.45) is 0 Å². The van der Waals surface area contributed by atoms with Gasteiger partial charge in [-0.25, -0.2) is 0 Å². The zero-order chi connectivity index (χ0) is 22.9. The highest BCUT2D eigenvalue weighted by Crippen LogP contribution is 2.18. The van der Waals surface area contributed by atoms with Gasteiger partial charge in [-0.1, -0.05) is 42.5 Å². The molecule has 6 nitrogen and oxygen atoms in total. The van der Waals surface area contributed by atoms with Crippen molar-refractivity contribution in [2.45, 2.75) is 13.8 Å². The standard InChI is InChI=1S/C26H23N3O3/c1-18-7-5-10-22(13-18)28-26(31)21(16-27)14-20-9-6-11-23(15-20)32-17-25(30)29-24-12-4-3-8-19(24)2/h3-15H,17H2,1-2H3,(H,28,31)(H,29,30)/b21-14+. The Bertz CT molecular complexity index is 1210. The monoisotopic (exact) mass is 425 g/mol. The van der Waals surface area contributed by atoms with Crippen molar-refractivity contribution in [2.75, 3.05) is 17.2 Å². The summed E-state index contributed by atoms with van der Waals surface area (Å²) in [6.07, 6.45) is 1.48. The normalized spacial score (nSPS) is 10.7. The lowest BCUT2D eigenvalue weighted by Gasteiger charge is -2.10. The Morgan fingerprint density at radius 1 is 0.969 bits per heavy atom. The molecule has 0 aliphatic rings. The summed E-state index contributed by atoms with van der Waals surface area (Å²) in [5, 5.41) is 15.0. The van der Waals surface area contributed by atoms with E-state index in [4.69, 9.17) is 4.74 Å². The van der Waals surface area contributed by atoms with Gasteiger partial charge in [-0.05, 0) is 66.9 Å². The summed E-state index contributed by atoms with van der Waals surface area (Å²) in [6, 6.07) is 23.6. The van der Waals surface area contributed by atoms with E-state index in [1.165, 1.54) is 6.08 Å². The minimum Gasteiger partial charge on any atom is -0.484 e. The maximum atomic E-state index is 12.5. The molecule has 0 aliphatic heterocycles. The Morgan fingerprint density at radius 3 is 2.50 bits per heavy atom. The topological polar surface area (TPSA) is 91.2 Å². The van der Waals surface area contributed by atoms with E-state index in [-0.39, 0.29) is 18.1 Å². The predicted octanol–water partition coefficient (Wildman–Crippen LogP) is 4.87. The Hall–Kier alpha value is -4.37. The number of nitrogens with one attached hydrogen (secondary N) is 2. The van der Waals surface area contributed by atoms with Crippen LogP contribution in [0.4, 0.5) is 11.4 Å². The second kappa shape index (κ2) is 10.6. The van der Waals surface area contributed by atoms with Crippen molar-refractivity contribution >= 4 is 29.3 Å². The fourth-order valence-electron chi connectivity index (χ4n) is 2.98. The molecule has 2 N–H and O–H groups in total. The first kappa shape index (κ1) is 22.3. The van der Waals surface area contributed by atoms with Gasteiger partial charge in [0.2, 0.25) is 0 Å².